The zero-order chi connectivity index (χ0) is 19.0. The summed E-state index contributed by atoms with van der Waals surface area (Å²) >= 11 is 5.87. The number of phenols is 2. The molecule has 2 N–H and O–H groups in total. The molecule has 4 rings (SSSR count). The summed E-state index contributed by atoms with van der Waals surface area (Å²) in [4.78, 5) is 12.4. The van der Waals surface area contributed by atoms with Gasteiger partial charge in [-0.05, 0) is 60.2 Å². The van der Waals surface area contributed by atoms with Crippen LogP contribution in [0.4, 0.5) is 0 Å². The van der Waals surface area contributed by atoms with Gasteiger partial charge in [-0.3, -0.25) is 4.79 Å². The highest BCUT2D eigenvalue weighted by molar-refractivity contribution is 6.30. The standard InChI is InChI=1S/C21H13ClO5/c22-13-4-6-14(7-5-13)26-15-3-1-2-12(10-15)11-18-19(24)16-8-9-17(23)20(25)21(16)27-18/h1-11,23,25H/b18-11+. The Morgan fingerprint density at radius 2 is 1.74 bits per heavy atom. The molecule has 3 aromatic carbocycles. The molecule has 1 heterocycles. The third-order valence-corrected chi connectivity index (χ3v) is 4.25. The van der Waals surface area contributed by atoms with Gasteiger partial charge >= 0.3 is 0 Å². The molecule has 0 amide bonds. The van der Waals surface area contributed by atoms with Crippen LogP contribution in [0.2, 0.25) is 5.02 Å². The van der Waals surface area contributed by atoms with Crippen molar-refractivity contribution in [2.24, 2.45) is 0 Å². The monoisotopic (exact) mass is 380 g/mol. The van der Waals surface area contributed by atoms with E-state index in [0.29, 0.717) is 22.1 Å². The fourth-order valence-corrected chi connectivity index (χ4v) is 2.81. The molecule has 6 heteroatoms. The lowest BCUT2D eigenvalue weighted by Crippen LogP contribution is -1.98. The van der Waals surface area contributed by atoms with Gasteiger partial charge in [-0.25, -0.2) is 0 Å². The zero-order valence-corrected chi connectivity index (χ0v) is 14.6. The van der Waals surface area contributed by atoms with Gasteiger partial charge in [0.25, 0.3) is 0 Å². The predicted octanol–water partition coefficient (Wildman–Crippen LogP) is 5.16. The number of ether oxygens (including phenoxy) is 2. The van der Waals surface area contributed by atoms with Crippen molar-refractivity contribution >= 4 is 23.5 Å². The molecule has 0 bridgehead atoms. The summed E-state index contributed by atoms with van der Waals surface area (Å²) in [5.41, 5.74) is 0.881. The summed E-state index contributed by atoms with van der Waals surface area (Å²) in [6.07, 6.45) is 1.55. The first kappa shape index (κ1) is 17.0. The number of hydrogen-bond donors (Lipinski definition) is 2. The Morgan fingerprint density at radius 3 is 2.52 bits per heavy atom. The average molecular weight is 381 g/mol. The van der Waals surface area contributed by atoms with Crippen molar-refractivity contribution in [1.82, 2.24) is 0 Å². The second kappa shape index (κ2) is 6.70. The Bertz CT molecular complexity index is 1070. The topological polar surface area (TPSA) is 76.0 Å². The first-order chi connectivity index (χ1) is 13.0. The van der Waals surface area contributed by atoms with Crippen molar-refractivity contribution in [2.75, 3.05) is 0 Å². The van der Waals surface area contributed by atoms with E-state index in [0.717, 1.165) is 0 Å². The van der Waals surface area contributed by atoms with Crippen LogP contribution in [-0.2, 0) is 0 Å². The molecule has 0 fully saturated rings. The van der Waals surface area contributed by atoms with Gasteiger partial charge in [0, 0.05) is 5.02 Å². The largest absolute Gasteiger partial charge is 0.504 e. The number of halogens is 1. The number of carbonyl (C=O) groups is 1. The number of ketones is 1. The van der Waals surface area contributed by atoms with Crippen molar-refractivity contribution < 1.29 is 24.5 Å². The molecule has 0 radical (unpaired) electrons. The Labute approximate surface area is 159 Å². The van der Waals surface area contributed by atoms with Crippen LogP contribution >= 0.6 is 11.6 Å². The van der Waals surface area contributed by atoms with Crippen molar-refractivity contribution in [3.05, 3.63) is 82.6 Å². The third-order valence-electron chi connectivity index (χ3n) is 4.00. The molecule has 0 saturated heterocycles. The van der Waals surface area contributed by atoms with Crippen LogP contribution in [-0.4, -0.2) is 16.0 Å². The smallest absolute Gasteiger partial charge is 0.232 e. The van der Waals surface area contributed by atoms with Gasteiger partial charge in [-0.2, -0.15) is 0 Å². The number of hydrogen-bond acceptors (Lipinski definition) is 5. The molecule has 27 heavy (non-hydrogen) atoms. The molecule has 0 saturated carbocycles. The molecule has 5 nitrogen and oxygen atoms in total. The third kappa shape index (κ3) is 3.32. The van der Waals surface area contributed by atoms with E-state index in [1.54, 1.807) is 54.6 Å². The van der Waals surface area contributed by atoms with E-state index < -0.39 is 5.75 Å². The summed E-state index contributed by atoms with van der Waals surface area (Å²) in [6.45, 7) is 0. The normalized spacial score (nSPS) is 14.1. The summed E-state index contributed by atoms with van der Waals surface area (Å²) in [5, 5.41) is 20.0. The maximum atomic E-state index is 12.4. The Morgan fingerprint density at radius 1 is 0.963 bits per heavy atom. The predicted molar refractivity (Wildman–Crippen MR) is 101 cm³/mol. The number of phenolic OH excluding ortho intramolecular Hbond substituents is 2. The lowest BCUT2D eigenvalue weighted by atomic mass is 10.1. The second-order valence-corrected chi connectivity index (χ2v) is 6.31. The quantitative estimate of drug-likeness (QED) is 0.485. The molecule has 0 atom stereocenters. The van der Waals surface area contributed by atoms with E-state index in [1.165, 1.54) is 12.1 Å². The van der Waals surface area contributed by atoms with Crippen molar-refractivity contribution in [3.8, 4) is 28.7 Å². The van der Waals surface area contributed by atoms with Crippen LogP contribution in [0.15, 0.2) is 66.4 Å². The molecule has 0 spiro atoms. The van der Waals surface area contributed by atoms with Crippen LogP contribution in [0, 0.1) is 0 Å². The molecule has 0 aliphatic carbocycles. The number of carbonyl (C=O) groups excluding carboxylic acids is 1. The number of rotatable bonds is 3. The van der Waals surface area contributed by atoms with Gasteiger partial charge in [0.1, 0.15) is 11.5 Å². The lowest BCUT2D eigenvalue weighted by Gasteiger charge is -2.07. The maximum Gasteiger partial charge on any atom is 0.232 e. The minimum atomic E-state index is -0.455. The van der Waals surface area contributed by atoms with Gasteiger partial charge in [-0.1, -0.05) is 23.7 Å². The van der Waals surface area contributed by atoms with E-state index in [1.807, 2.05) is 0 Å². The molecule has 1 aliphatic heterocycles. The number of aromatic hydroxyl groups is 2. The molecule has 134 valence electrons. The van der Waals surface area contributed by atoms with Crippen molar-refractivity contribution in [2.45, 2.75) is 0 Å². The first-order valence-electron chi connectivity index (χ1n) is 8.04. The number of allylic oxidation sites excluding steroid dienone is 1. The van der Waals surface area contributed by atoms with E-state index in [2.05, 4.69) is 0 Å². The Kier molecular flexibility index (Phi) is 4.22. The van der Waals surface area contributed by atoms with Gasteiger partial charge < -0.3 is 19.7 Å². The van der Waals surface area contributed by atoms with E-state index in [-0.39, 0.29) is 28.6 Å². The van der Waals surface area contributed by atoms with Crippen LogP contribution in [0.1, 0.15) is 15.9 Å². The minimum absolute atomic E-state index is 0.0418. The minimum Gasteiger partial charge on any atom is -0.504 e. The molecular formula is C21H13ClO5. The van der Waals surface area contributed by atoms with Gasteiger partial charge in [0.2, 0.25) is 11.5 Å². The Balaban J connectivity index is 1.60. The van der Waals surface area contributed by atoms with Gasteiger partial charge in [-0.15, -0.1) is 0 Å². The number of Topliss-reactive ketones (excluding diaryl/α,β-unsaturated/α-hetero) is 1. The molecule has 0 unspecified atom stereocenters. The molecular weight excluding hydrogens is 368 g/mol. The van der Waals surface area contributed by atoms with Crippen LogP contribution in [0.5, 0.6) is 28.7 Å². The van der Waals surface area contributed by atoms with E-state index >= 15 is 0 Å². The van der Waals surface area contributed by atoms with Crippen LogP contribution in [0.3, 0.4) is 0 Å². The number of fused-ring (bicyclic) bond motifs is 1. The first-order valence-corrected chi connectivity index (χ1v) is 8.42. The zero-order valence-electron chi connectivity index (χ0n) is 13.8. The lowest BCUT2D eigenvalue weighted by molar-refractivity contribution is 0.101. The molecule has 3 aromatic rings. The van der Waals surface area contributed by atoms with E-state index in [4.69, 9.17) is 21.1 Å². The summed E-state index contributed by atoms with van der Waals surface area (Å²) in [6, 6.07) is 16.7. The SMILES string of the molecule is O=C1/C(=C\c2cccc(Oc3ccc(Cl)cc3)c2)Oc2c1ccc(O)c2O. The van der Waals surface area contributed by atoms with Crippen LogP contribution < -0.4 is 9.47 Å². The Hall–Kier alpha value is -3.44. The van der Waals surface area contributed by atoms with Gasteiger partial charge in [0.05, 0.1) is 5.56 Å². The highest BCUT2D eigenvalue weighted by atomic mass is 35.5. The fourth-order valence-electron chi connectivity index (χ4n) is 2.68. The molecule has 0 aromatic heterocycles. The summed E-state index contributed by atoms with van der Waals surface area (Å²) in [5.74, 6) is 0.0456. The highest BCUT2D eigenvalue weighted by Crippen LogP contribution is 2.44. The van der Waals surface area contributed by atoms with Crippen molar-refractivity contribution in [1.29, 1.82) is 0 Å². The summed E-state index contributed by atoms with van der Waals surface area (Å²) in [7, 11) is 0. The van der Waals surface area contributed by atoms with Crippen LogP contribution in [0.25, 0.3) is 6.08 Å². The molecule has 1 aliphatic rings. The van der Waals surface area contributed by atoms with Gasteiger partial charge in [0.15, 0.2) is 17.3 Å². The second-order valence-electron chi connectivity index (χ2n) is 5.88. The van der Waals surface area contributed by atoms with Crippen molar-refractivity contribution in [3.63, 3.8) is 0 Å². The number of benzene rings is 3. The average Bonchev–Trinajstić information content (AvgIpc) is 2.97. The summed E-state index contributed by atoms with van der Waals surface area (Å²) < 4.78 is 11.2. The maximum absolute atomic E-state index is 12.4. The fraction of sp³-hybridized carbons (Fsp3) is 0. The highest BCUT2D eigenvalue weighted by Gasteiger charge is 2.31. The van der Waals surface area contributed by atoms with E-state index in [9.17, 15) is 15.0 Å².